The van der Waals surface area contributed by atoms with Crippen molar-refractivity contribution in [2.24, 2.45) is 0 Å². The van der Waals surface area contributed by atoms with Crippen molar-refractivity contribution in [2.45, 2.75) is 31.2 Å². The van der Waals surface area contributed by atoms with Gasteiger partial charge in [-0.15, -0.1) is 0 Å². The molecule has 0 aliphatic heterocycles. The van der Waals surface area contributed by atoms with Crippen LogP contribution >= 0.6 is 15.9 Å². The first-order valence-corrected chi connectivity index (χ1v) is 6.23. The molecule has 1 unspecified atom stereocenters. The molecule has 0 fully saturated rings. The summed E-state index contributed by atoms with van der Waals surface area (Å²) in [5.41, 5.74) is -0.618. The van der Waals surface area contributed by atoms with E-state index >= 15 is 0 Å². The van der Waals surface area contributed by atoms with Crippen molar-refractivity contribution < 1.29 is 14.3 Å². The van der Waals surface area contributed by atoms with Crippen LogP contribution in [0, 0.1) is 0 Å². The Bertz CT molecular complexity index is 410. The summed E-state index contributed by atoms with van der Waals surface area (Å²) in [7, 11) is 0. The molecule has 0 saturated carbocycles. The normalized spacial score (nSPS) is 12.9. The highest BCUT2D eigenvalue weighted by atomic mass is 79.9. The molecule has 92 valence electrons. The molecular formula is C13H15BrO3. The van der Waals surface area contributed by atoms with Crippen molar-refractivity contribution in [3.63, 3.8) is 0 Å². The maximum absolute atomic E-state index is 12.1. The number of hydrogen-bond donors (Lipinski definition) is 0. The second kappa shape index (κ2) is 5.45. The van der Waals surface area contributed by atoms with Gasteiger partial charge in [-0.2, -0.15) is 0 Å². The van der Waals surface area contributed by atoms with Crippen LogP contribution in [0.15, 0.2) is 30.3 Å². The van der Waals surface area contributed by atoms with E-state index in [1.165, 1.54) is 0 Å². The molecule has 3 nitrogen and oxygen atoms in total. The fraction of sp³-hybridized carbons (Fsp3) is 0.385. The third-order valence-corrected chi connectivity index (χ3v) is 2.64. The topological polar surface area (TPSA) is 43.4 Å². The number of carbonyl (C=O) groups excluding carboxylic acids is 2. The predicted octanol–water partition coefficient (Wildman–Crippen LogP) is 2.97. The Kier molecular flexibility index (Phi) is 4.46. The lowest BCUT2D eigenvalue weighted by molar-refractivity contribution is -0.151. The molecule has 1 rings (SSSR count). The molecule has 0 amide bonds. The van der Waals surface area contributed by atoms with E-state index in [0.29, 0.717) is 5.56 Å². The zero-order valence-electron chi connectivity index (χ0n) is 10.1. The van der Waals surface area contributed by atoms with Crippen LogP contribution in [0.4, 0.5) is 0 Å². The fourth-order valence-corrected chi connectivity index (χ4v) is 1.41. The summed E-state index contributed by atoms with van der Waals surface area (Å²) in [6.45, 7) is 4.84. The highest BCUT2D eigenvalue weighted by Crippen LogP contribution is 2.19. The van der Waals surface area contributed by atoms with Gasteiger partial charge in [0.05, 0.1) is 0 Å². The molecule has 0 N–H and O–H groups in total. The number of halogens is 1. The Labute approximate surface area is 109 Å². The molecule has 1 atom stereocenters. The molecule has 17 heavy (non-hydrogen) atoms. The molecule has 1 aromatic carbocycles. The molecule has 0 heterocycles. The van der Waals surface area contributed by atoms with Gasteiger partial charge in [-0.05, 0) is 20.8 Å². The predicted molar refractivity (Wildman–Crippen MR) is 69.3 cm³/mol. The van der Waals surface area contributed by atoms with Crippen molar-refractivity contribution in [3.05, 3.63) is 35.9 Å². The lowest BCUT2D eigenvalue weighted by Crippen LogP contribution is -2.39. The summed E-state index contributed by atoms with van der Waals surface area (Å²) in [5, 5.41) is 0. The first-order chi connectivity index (χ1) is 7.84. The van der Waals surface area contributed by atoms with Crippen LogP contribution in [0.3, 0.4) is 0 Å². The summed E-state index contributed by atoms with van der Waals surface area (Å²) in [6, 6.07) is 8.79. The minimum Gasteiger partial charge on any atom is -0.450 e. The monoisotopic (exact) mass is 298 g/mol. The number of esters is 1. The van der Waals surface area contributed by atoms with E-state index < -0.39 is 16.4 Å². The summed E-state index contributed by atoms with van der Waals surface area (Å²) in [5.74, 6) is -0.654. The molecule has 0 bridgehead atoms. The number of ether oxygens (including phenoxy) is 1. The number of hydrogen-bond acceptors (Lipinski definition) is 3. The fourth-order valence-electron chi connectivity index (χ4n) is 1.32. The maximum atomic E-state index is 12.1. The molecule has 0 aromatic heterocycles. The molecule has 0 spiro atoms. The highest BCUT2D eigenvalue weighted by Gasteiger charge is 2.33. The number of carbonyl (C=O) groups is 2. The summed E-state index contributed by atoms with van der Waals surface area (Å²) < 4.78 is 5.18. The number of ketones is 1. The highest BCUT2D eigenvalue weighted by molar-refractivity contribution is 9.10. The Morgan fingerprint density at radius 3 is 2.24 bits per heavy atom. The van der Waals surface area contributed by atoms with Crippen LogP contribution in [0.1, 0.15) is 31.1 Å². The molecule has 0 saturated heterocycles. The van der Waals surface area contributed by atoms with E-state index in [-0.39, 0.29) is 5.78 Å². The lowest BCUT2D eigenvalue weighted by Gasteiger charge is -2.24. The van der Waals surface area contributed by atoms with Crippen LogP contribution in [-0.4, -0.2) is 22.2 Å². The van der Waals surface area contributed by atoms with E-state index in [0.717, 1.165) is 0 Å². The van der Waals surface area contributed by atoms with Crippen molar-refractivity contribution in [2.75, 3.05) is 0 Å². The van der Waals surface area contributed by atoms with Crippen LogP contribution in [0.2, 0.25) is 0 Å². The van der Waals surface area contributed by atoms with Crippen molar-refractivity contribution in [3.8, 4) is 0 Å². The molecule has 0 radical (unpaired) electrons. The summed E-state index contributed by atoms with van der Waals surface area (Å²) in [4.78, 5) is 23.2. The van der Waals surface area contributed by atoms with Crippen LogP contribution < -0.4 is 0 Å². The van der Waals surface area contributed by atoms with Crippen molar-refractivity contribution in [1.29, 1.82) is 0 Å². The molecule has 1 aromatic rings. The van der Waals surface area contributed by atoms with Gasteiger partial charge in [-0.1, -0.05) is 46.3 Å². The van der Waals surface area contributed by atoms with E-state index in [1.54, 1.807) is 45.0 Å². The number of rotatable bonds is 4. The first kappa shape index (κ1) is 13.9. The minimum absolute atomic E-state index is 0.209. The van der Waals surface area contributed by atoms with Gasteiger partial charge < -0.3 is 4.74 Å². The third-order valence-electron chi connectivity index (χ3n) is 2.26. The summed E-state index contributed by atoms with van der Waals surface area (Å²) >= 11 is 3.11. The minimum atomic E-state index is -1.15. The Hall–Kier alpha value is -1.16. The quantitative estimate of drug-likeness (QED) is 0.488. The standard InChI is InChI=1S/C13H15BrO3/c1-9(14)12(16)17-13(2,3)11(15)10-7-5-4-6-8-10/h4-9H,1-3H3. The van der Waals surface area contributed by atoms with E-state index in [2.05, 4.69) is 15.9 Å². The van der Waals surface area contributed by atoms with Gasteiger partial charge in [0.15, 0.2) is 5.60 Å². The third kappa shape index (κ3) is 3.66. The van der Waals surface area contributed by atoms with Crippen LogP contribution in [0.5, 0.6) is 0 Å². The van der Waals surface area contributed by atoms with Gasteiger partial charge in [0.2, 0.25) is 5.78 Å². The van der Waals surface area contributed by atoms with Gasteiger partial charge in [-0.25, -0.2) is 0 Å². The van der Waals surface area contributed by atoms with Gasteiger partial charge >= 0.3 is 5.97 Å². The molecular weight excluding hydrogens is 284 g/mol. The zero-order valence-corrected chi connectivity index (χ0v) is 11.7. The molecule has 4 heteroatoms. The van der Waals surface area contributed by atoms with E-state index in [4.69, 9.17) is 4.74 Å². The van der Waals surface area contributed by atoms with E-state index in [1.807, 2.05) is 6.07 Å². The lowest BCUT2D eigenvalue weighted by atomic mass is 9.96. The van der Waals surface area contributed by atoms with E-state index in [9.17, 15) is 9.59 Å². The van der Waals surface area contributed by atoms with Gasteiger partial charge in [0.1, 0.15) is 4.83 Å². The summed E-state index contributed by atoms with van der Waals surface area (Å²) in [6.07, 6.45) is 0. The number of alkyl halides is 1. The molecule has 0 aliphatic rings. The average Bonchev–Trinajstić information content (AvgIpc) is 2.28. The second-order valence-electron chi connectivity index (χ2n) is 4.24. The van der Waals surface area contributed by atoms with Crippen molar-refractivity contribution in [1.82, 2.24) is 0 Å². The van der Waals surface area contributed by atoms with Gasteiger partial charge in [-0.3, -0.25) is 9.59 Å². The second-order valence-corrected chi connectivity index (χ2v) is 5.62. The Morgan fingerprint density at radius 2 is 1.76 bits per heavy atom. The first-order valence-electron chi connectivity index (χ1n) is 5.31. The maximum Gasteiger partial charge on any atom is 0.320 e. The number of benzene rings is 1. The van der Waals surface area contributed by atoms with Crippen LogP contribution in [0.25, 0.3) is 0 Å². The van der Waals surface area contributed by atoms with Crippen molar-refractivity contribution >= 4 is 27.7 Å². The number of Topliss-reactive ketones (excluding diaryl/α,β-unsaturated/α-hetero) is 1. The zero-order chi connectivity index (χ0) is 13.1. The Balaban J connectivity index is 2.84. The molecule has 0 aliphatic carbocycles. The van der Waals surface area contributed by atoms with Gasteiger partial charge in [0, 0.05) is 5.56 Å². The smallest absolute Gasteiger partial charge is 0.320 e. The average molecular weight is 299 g/mol. The largest absolute Gasteiger partial charge is 0.450 e. The SMILES string of the molecule is CC(Br)C(=O)OC(C)(C)C(=O)c1ccccc1. The van der Waals surface area contributed by atoms with Crippen LogP contribution in [-0.2, 0) is 9.53 Å². The Morgan fingerprint density at radius 1 is 1.24 bits per heavy atom. The van der Waals surface area contributed by atoms with Gasteiger partial charge in [0.25, 0.3) is 0 Å².